The van der Waals surface area contributed by atoms with Gasteiger partial charge in [0.25, 0.3) is 0 Å². The largest absolute Gasteiger partial charge is 0.352 e. The van der Waals surface area contributed by atoms with Gasteiger partial charge in [0.15, 0.2) is 0 Å². The van der Waals surface area contributed by atoms with E-state index in [2.05, 4.69) is 21.2 Å². The summed E-state index contributed by atoms with van der Waals surface area (Å²) in [6.07, 6.45) is 0.919. The third kappa shape index (κ3) is 6.44. The predicted molar refractivity (Wildman–Crippen MR) is 112 cm³/mol. The first kappa shape index (κ1) is 22.1. The highest BCUT2D eigenvalue weighted by Crippen LogP contribution is 2.17. The molecule has 0 aliphatic rings. The van der Waals surface area contributed by atoms with Crippen LogP contribution in [0.1, 0.15) is 38.3 Å². The zero-order valence-electron chi connectivity index (χ0n) is 16.4. The lowest BCUT2D eigenvalue weighted by Gasteiger charge is -2.30. The van der Waals surface area contributed by atoms with E-state index in [-0.39, 0.29) is 30.1 Å². The zero-order valence-corrected chi connectivity index (χ0v) is 18.0. The van der Waals surface area contributed by atoms with E-state index in [1.54, 1.807) is 24.0 Å². The summed E-state index contributed by atoms with van der Waals surface area (Å²) in [5.74, 6) is -0.710. The van der Waals surface area contributed by atoms with Crippen LogP contribution in [-0.2, 0) is 22.6 Å². The molecule has 2 atom stereocenters. The van der Waals surface area contributed by atoms with Crippen LogP contribution in [0.5, 0.6) is 0 Å². The monoisotopic (exact) mass is 448 g/mol. The summed E-state index contributed by atoms with van der Waals surface area (Å²) in [6.45, 7) is 5.98. The molecular formula is C22H26BrFN2O2. The normalized spacial score (nSPS) is 12.9. The second kappa shape index (κ2) is 10.4. The number of rotatable bonds is 8. The van der Waals surface area contributed by atoms with Crippen molar-refractivity contribution in [3.05, 3.63) is 69.9 Å². The Hall–Kier alpha value is -2.21. The van der Waals surface area contributed by atoms with Crippen molar-refractivity contribution in [3.8, 4) is 0 Å². The van der Waals surface area contributed by atoms with Gasteiger partial charge in [0.05, 0.1) is 6.42 Å². The summed E-state index contributed by atoms with van der Waals surface area (Å²) in [4.78, 5) is 27.2. The quantitative estimate of drug-likeness (QED) is 0.647. The SMILES string of the molecule is CCC(C)NC(=O)C(C)N(Cc1cccc(Br)c1)C(=O)Cc1ccc(F)cc1. The number of carbonyl (C=O) groups is 2. The fraction of sp³-hybridized carbons (Fsp3) is 0.364. The lowest BCUT2D eigenvalue weighted by molar-refractivity contribution is -0.140. The molecular weight excluding hydrogens is 423 g/mol. The van der Waals surface area contributed by atoms with E-state index < -0.39 is 6.04 Å². The van der Waals surface area contributed by atoms with Crippen LogP contribution in [0.2, 0.25) is 0 Å². The molecule has 2 amide bonds. The lowest BCUT2D eigenvalue weighted by atomic mass is 10.1. The van der Waals surface area contributed by atoms with Crippen molar-refractivity contribution >= 4 is 27.7 Å². The smallest absolute Gasteiger partial charge is 0.242 e. The van der Waals surface area contributed by atoms with Crippen LogP contribution in [-0.4, -0.2) is 28.8 Å². The molecule has 0 fully saturated rings. The molecule has 2 rings (SSSR count). The minimum atomic E-state index is -0.624. The molecule has 0 saturated heterocycles. The summed E-state index contributed by atoms with van der Waals surface area (Å²) in [5, 5.41) is 2.94. The second-order valence-electron chi connectivity index (χ2n) is 6.95. The van der Waals surface area contributed by atoms with E-state index >= 15 is 0 Å². The van der Waals surface area contributed by atoms with Gasteiger partial charge in [0.1, 0.15) is 11.9 Å². The number of halogens is 2. The zero-order chi connectivity index (χ0) is 20.7. The van der Waals surface area contributed by atoms with Crippen molar-refractivity contribution in [3.63, 3.8) is 0 Å². The number of hydrogen-bond acceptors (Lipinski definition) is 2. The molecule has 0 heterocycles. The topological polar surface area (TPSA) is 49.4 Å². The lowest BCUT2D eigenvalue weighted by Crippen LogP contribution is -2.49. The maximum absolute atomic E-state index is 13.1. The minimum absolute atomic E-state index is 0.0369. The van der Waals surface area contributed by atoms with E-state index in [0.29, 0.717) is 12.1 Å². The van der Waals surface area contributed by atoms with Gasteiger partial charge in [-0.2, -0.15) is 0 Å². The average Bonchev–Trinajstić information content (AvgIpc) is 2.67. The van der Waals surface area contributed by atoms with Crippen LogP contribution in [0.4, 0.5) is 4.39 Å². The van der Waals surface area contributed by atoms with Gasteiger partial charge in [-0.3, -0.25) is 9.59 Å². The van der Waals surface area contributed by atoms with Crippen LogP contribution in [0.15, 0.2) is 53.0 Å². The summed E-state index contributed by atoms with van der Waals surface area (Å²) >= 11 is 3.44. The molecule has 0 spiro atoms. The third-order valence-corrected chi connectivity index (χ3v) is 5.17. The van der Waals surface area contributed by atoms with E-state index in [1.807, 2.05) is 38.1 Å². The fourth-order valence-corrected chi connectivity index (χ4v) is 3.21. The van der Waals surface area contributed by atoms with Crippen LogP contribution < -0.4 is 5.32 Å². The number of hydrogen-bond donors (Lipinski definition) is 1. The standard InChI is InChI=1S/C22H26BrFN2O2/c1-4-15(2)25-22(28)16(3)26(14-18-6-5-7-19(23)12-18)21(27)13-17-8-10-20(24)11-9-17/h5-12,15-16H,4,13-14H2,1-3H3,(H,25,28). The van der Waals surface area contributed by atoms with Gasteiger partial charge in [-0.25, -0.2) is 4.39 Å². The van der Waals surface area contributed by atoms with Gasteiger partial charge in [0.2, 0.25) is 11.8 Å². The van der Waals surface area contributed by atoms with Gasteiger partial charge in [-0.05, 0) is 55.7 Å². The molecule has 0 bridgehead atoms. The molecule has 1 N–H and O–H groups in total. The first-order valence-corrected chi connectivity index (χ1v) is 10.2. The summed E-state index contributed by atoms with van der Waals surface area (Å²) in [7, 11) is 0. The minimum Gasteiger partial charge on any atom is -0.352 e. The van der Waals surface area contributed by atoms with Crippen molar-refractivity contribution in [2.45, 2.75) is 52.2 Å². The maximum Gasteiger partial charge on any atom is 0.242 e. The van der Waals surface area contributed by atoms with Gasteiger partial charge >= 0.3 is 0 Å². The Balaban J connectivity index is 2.22. The fourth-order valence-electron chi connectivity index (χ4n) is 2.76. The molecule has 0 aromatic heterocycles. The Bertz CT molecular complexity index is 810. The second-order valence-corrected chi connectivity index (χ2v) is 7.86. The first-order chi connectivity index (χ1) is 13.3. The Morgan fingerprint density at radius 1 is 1.11 bits per heavy atom. The van der Waals surface area contributed by atoms with Crippen LogP contribution in [0.3, 0.4) is 0 Å². The summed E-state index contributed by atoms with van der Waals surface area (Å²) < 4.78 is 14.1. The van der Waals surface area contributed by atoms with Crippen molar-refractivity contribution < 1.29 is 14.0 Å². The highest BCUT2D eigenvalue weighted by atomic mass is 79.9. The summed E-state index contributed by atoms with van der Waals surface area (Å²) in [5.41, 5.74) is 1.63. The van der Waals surface area contributed by atoms with Gasteiger partial charge in [-0.15, -0.1) is 0 Å². The predicted octanol–water partition coefficient (Wildman–Crippen LogP) is 4.46. The van der Waals surface area contributed by atoms with Crippen molar-refractivity contribution in [1.29, 1.82) is 0 Å². The van der Waals surface area contributed by atoms with E-state index in [4.69, 9.17) is 0 Å². The molecule has 2 aromatic carbocycles. The maximum atomic E-state index is 13.1. The molecule has 6 heteroatoms. The van der Waals surface area contributed by atoms with E-state index in [9.17, 15) is 14.0 Å². The van der Waals surface area contributed by atoms with Crippen LogP contribution in [0.25, 0.3) is 0 Å². The third-order valence-electron chi connectivity index (χ3n) is 4.68. The van der Waals surface area contributed by atoms with Gasteiger partial charge in [-0.1, -0.05) is 47.1 Å². The molecule has 150 valence electrons. The van der Waals surface area contributed by atoms with Crippen LogP contribution >= 0.6 is 15.9 Å². The first-order valence-electron chi connectivity index (χ1n) is 9.39. The van der Waals surface area contributed by atoms with Gasteiger partial charge in [0, 0.05) is 17.1 Å². The molecule has 4 nitrogen and oxygen atoms in total. The van der Waals surface area contributed by atoms with E-state index in [0.717, 1.165) is 16.5 Å². The summed E-state index contributed by atoms with van der Waals surface area (Å²) in [6, 6.07) is 12.9. The number of nitrogens with zero attached hydrogens (tertiary/aromatic N) is 1. The van der Waals surface area contributed by atoms with Gasteiger partial charge < -0.3 is 10.2 Å². The molecule has 28 heavy (non-hydrogen) atoms. The highest BCUT2D eigenvalue weighted by Gasteiger charge is 2.26. The Labute approximate surface area is 174 Å². The van der Waals surface area contributed by atoms with Crippen molar-refractivity contribution in [1.82, 2.24) is 10.2 Å². The molecule has 0 aliphatic carbocycles. The molecule has 0 radical (unpaired) electrons. The number of benzene rings is 2. The van der Waals surface area contributed by atoms with Crippen molar-refractivity contribution in [2.24, 2.45) is 0 Å². The molecule has 2 unspecified atom stereocenters. The van der Waals surface area contributed by atoms with Crippen molar-refractivity contribution in [2.75, 3.05) is 0 Å². The molecule has 0 aliphatic heterocycles. The number of carbonyl (C=O) groups excluding carboxylic acids is 2. The number of nitrogens with one attached hydrogen (secondary N) is 1. The van der Waals surface area contributed by atoms with Crippen LogP contribution in [0, 0.1) is 5.82 Å². The molecule has 2 aromatic rings. The highest BCUT2D eigenvalue weighted by molar-refractivity contribution is 9.10. The molecule has 0 saturated carbocycles. The average molecular weight is 449 g/mol. The Morgan fingerprint density at radius 2 is 1.79 bits per heavy atom. The van der Waals surface area contributed by atoms with E-state index in [1.165, 1.54) is 12.1 Å². The Morgan fingerprint density at radius 3 is 2.39 bits per heavy atom. The Kier molecular flexibility index (Phi) is 8.18. The number of amides is 2.